The molecule has 6 heteroatoms. The topological polar surface area (TPSA) is 58.6 Å². The summed E-state index contributed by atoms with van der Waals surface area (Å²) in [6.07, 6.45) is 3.09. The molecule has 0 aromatic heterocycles. The van der Waals surface area contributed by atoms with Crippen molar-refractivity contribution in [2.24, 2.45) is 22.7 Å². The van der Waals surface area contributed by atoms with E-state index in [1.165, 1.54) is 0 Å². The molecule has 148 valence electrons. The Morgan fingerprint density at radius 3 is 2.70 bits per heavy atom. The Hall–Kier alpha value is -0.810. The molecule has 3 fully saturated rings. The predicted molar refractivity (Wildman–Crippen MR) is 106 cm³/mol. The van der Waals surface area contributed by atoms with Crippen LogP contribution in [0.1, 0.15) is 51.2 Å². The van der Waals surface area contributed by atoms with E-state index < -0.39 is 0 Å². The van der Waals surface area contributed by atoms with Crippen molar-refractivity contribution in [3.8, 4) is 0 Å². The molecule has 0 radical (unpaired) electrons. The number of halogens is 2. The highest BCUT2D eigenvalue weighted by atomic mass is 35.5. The van der Waals surface area contributed by atoms with Gasteiger partial charge in [-0.15, -0.1) is 0 Å². The Labute approximate surface area is 170 Å². The van der Waals surface area contributed by atoms with Gasteiger partial charge >= 0.3 is 0 Å². The number of hydrogen-bond acceptors (Lipinski definition) is 3. The molecule has 1 unspecified atom stereocenters. The SMILES string of the molecule is CC1(C)[C@@H]2C[C@@H]3[C@@H](c4c(Cl)cccc4Cl)OCCC3(C2)[C@@H]1NC(=O)CCO. The van der Waals surface area contributed by atoms with E-state index in [9.17, 15) is 4.79 Å². The fraction of sp³-hybridized carbons (Fsp3) is 0.667. The number of benzene rings is 1. The van der Waals surface area contributed by atoms with Gasteiger partial charge in [0.05, 0.1) is 12.7 Å². The molecule has 2 saturated carbocycles. The quantitative estimate of drug-likeness (QED) is 0.772. The van der Waals surface area contributed by atoms with Gasteiger partial charge in [-0.1, -0.05) is 43.1 Å². The maximum atomic E-state index is 12.3. The maximum absolute atomic E-state index is 12.3. The minimum absolute atomic E-state index is 0.00923. The zero-order valence-corrected chi connectivity index (χ0v) is 17.3. The summed E-state index contributed by atoms with van der Waals surface area (Å²) < 4.78 is 6.23. The maximum Gasteiger partial charge on any atom is 0.222 e. The van der Waals surface area contributed by atoms with Gasteiger partial charge in [0, 0.05) is 34.7 Å². The van der Waals surface area contributed by atoms with E-state index in [-0.39, 0.29) is 47.8 Å². The van der Waals surface area contributed by atoms with Gasteiger partial charge in [-0.3, -0.25) is 4.79 Å². The van der Waals surface area contributed by atoms with Crippen molar-refractivity contribution in [3.63, 3.8) is 0 Å². The summed E-state index contributed by atoms with van der Waals surface area (Å²) >= 11 is 13.0. The van der Waals surface area contributed by atoms with Crippen LogP contribution in [0.15, 0.2) is 18.2 Å². The fourth-order valence-corrected chi connectivity index (χ4v) is 6.80. The van der Waals surface area contributed by atoms with Crippen molar-refractivity contribution >= 4 is 29.1 Å². The molecule has 1 spiro atoms. The van der Waals surface area contributed by atoms with Crippen LogP contribution in [-0.2, 0) is 9.53 Å². The molecule has 1 aromatic carbocycles. The Morgan fingerprint density at radius 2 is 2.04 bits per heavy atom. The van der Waals surface area contributed by atoms with Gasteiger partial charge in [-0.05, 0) is 54.1 Å². The summed E-state index contributed by atoms with van der Waals surface area (Å²) in [5, 5.41) is 13.7. The number of fused-ring (bicyclic) bond motifs is 1. The van der Waals surface area contributed by atoms with Crippen molar-refractivity contribution in [1.82, 2.24) is 5.32 Å². The van der Waals surface area contributed by atoms with Crippen molar-refractivity contribution in [1.29, 1.82) is 0 Å². The number of carbonyl (C=O) groups excluding carboxylic acids is 1. The average molecular weight is 412 g/mol. The van der Waals surface area contributed by atoms with Gasteiger partial charge in [0.15, 0.2) is 0 Å². The zero-order chi connectivity index (χ0) is 19.4. The molecular weight excluding hydrogens is 385 g/mol. The van der Waals surface area contributed by atoms with Crippen LogP contribution in [-0.4, -0.2) is 30.3 Å². The third kappa shape index (κ3) is 2.91. The van der Waals surface area contributed by atoms with Crippen LogP contribution in [0.4, 0.5) is 0 Å². The van der Waals surface area contributed by atoms with Crippen LogP contribution in [0.25, 0.3) is 0 Å². The average Bonchev–Trinajstić information content (AvgIpc) is 3.09. The molecule has 5 atom stereocenters. The van der Waals surface area contributed by atoms with E-state index in [2.05, 4.69) is 19.2 Å². The predicted octanol–water partition coefficient (Wildman–Crippen LogP) is 4.37. The summed E-state index contributed by atoms with van der Waals surface area (Å²) in [6, 6.07) is 5.66. The standard InChI is InChI=1S/C21H27Cl2NO3/c1-20(2)12-10-13-18(17-14(22)4-3-5-15(17)23)27-9-7-21(13,11-12)19(20)24-16(26)6-8-25/h3-5,12-13,18-19,25H,6-11H2,1-2H3,(H,24,26)/t12-,13-,18+,19-,21?/m1/s1. The number of rotatable bonds is 4. The lowest BCUT2D eigenvalue weighted by molar-refractivity contribution is -0.137. The number of amides is 1. The van der Waals surface area contributed by atoms with Crippen LogP contribution in [0, 0.1) is 22.7 Å². The molecule has 2 bridgehead atoms. The Morgan fingerprint density at radius 1 is 1.33 bits per heavy atom. The first-order chi connectivity index (χ1) is 12.8. The third-order valence-electron chi connectivity index (χ3n) is 7.43. The second-order valence-corrected chi connectivity index (χ2v) is 9.76. The number of nitrogens with one attached hydrogen (secondary N) is 1. The molecule has 4 nitrogen and oxygen atoms in total. The lowest BCUT2D eigenvalue weighted by Crippen LogP contribution is -2.59. The highest BCUT2D eigenvalue weighted by Crippen LogP contribution is 2.71. The monoisotopic (exact) mass is 411 g/mol. The van der Waals surface area contributed by atoms with Crippen molar-refractivity contribution in [2.45, 2.75) is 51.7 Å². The highest BCUT2D eigenvalue weighted by molar-refractivity contribution is 6.36. The van der Waals surface area contributed by atoms with Crippen LogP contribution in [0.2, 0.25) is 10.0 Å². The molecule has 4 rings (SSSR count). The van der Waals surface area contributed by atoms with Gasteiger partial charge in [-0.25, -0.2) is 0 Å². The summed E-state index contributed by atoms with van der Waals surface area (Å²) in [5.74, 6) is 0.726. The molecule has 27 heavy (non-hydrogen) atoms. The first-order valence-electron chi connectivity index (χ1n) is 9.77. The second kappa shape index (κ2) is 6.91. The Kier molecular flexibility index (Phi) is 4.99. The number of aliphatic hydroxyl groups is 1. The summed E-state index contributed by atoms with van der Waals surface area (Å²) in [4.78, 5) is 12.3. The summed E-state index contributed by atoms with van der Waals surface area (Å²) in [6.45, 7) is 5.04. The van der Waals surface area contributed by atoms with Crippen LogP contribution < -0.4 is 5.32 Å². The Balaban J connectivity index is 1.71. The number of hydrogen-bond donors (Lipinski definition) is 2. The fourth-order valence-electron chi connectivity index (χ4n) is 6.19. The summed E-state index contributed by atoms with van der Waals surface area (Å²) in [5.41, 5.74) is 0.897. The van der Waals surface area contributed by atoms with E-state index in [1.807, 2.05) is 18.2 Å². The van der Waals surface area contributed by atoms with Crippen molar-refractivity contribution in [3.05, 3.63) is 33.8 Å². The van der Waals surface area contributed by atoms with Crippen LogP contribution >= 0.6 is 23.2 Å². The highest BCUT2D eigenvalue weighted by Gasteiger charge is 2.68. The second-order valence-electron chi connectivity index (χ2n) is 8.95. The van der Waals surface area contributed by atoms with Gasteiger partial charge in [0.1, 0.15) is 0 Å². The number of aliphatic hydroxyl groups excluding tert-OH is 1. The van der Waals surface area contributed by atoms with E-state index in [4.69, 9.17) is 33.0 Å². The molecule has 1 aliphatic heterocycles. The number of ether oxygens (including phenoxy) is 1. The molecule has 1 amide bonds. The minimum Gasteiger partial charge on any atom is -0.396 e. The van der Waals surface area contributed by atoms with Gasteiger partial charge in [-0.2, -0.15) is 0 Å². The molecule has 2 aliphatic carbocycles. The lowest BCUT2D eigenvalue weighted by atomic mass is 9.59. The summed E-state index contributed by atoms with van der Waals surface area (Å²) in [7, 11) is 0. The third-order valence-corrected chi connectivity index (χ3v) is 8.09. The first-order valence-corrected chi connectivity index (χ1v) is 10.5. The van der Waals surface area contributed by atoms with Crippen LogP contribution in [0.5, 0.6) is 0 Å². The minimum atomic E-state index is -0.140. The number of carbonyl (C=O) groups is 1. The molecule has 1 aromatic rings. The van der Waals surface area contributed by atoms with Crippen LogP contribution in [0.3, 0.4) is 0 Å². The van der Waals surface area contributed by atoms with Gasteiger partial charge < -0.3 is 15.2 Å². The van der Waals surface area contributed by atoms with E-state index in [0.29, 0.717) is 22.6 Å². The lowest BCUT2D eigenvalue weighted by Gasteiger charge is -2.53. The molecule has 3 aliphatic rings. The van der Waals surface area contributed by atoms with Gasteiger partial charge in [0.25, 0.3) is 0 Å². The van der Waals surface area contributed by atoms with E-state index in [0.717, 1.165) is 24.8 Å². The Bertz CT molecular complexity index is 733. The molecule has 1 heterocycles. The van der Waals surface area contributed by atoms with Gasteiger partial charge in [0.2, 0.25) is 5.91 Å². The van der Waals surface area contributed by atoms with E-state index >= 15 is 0 Å². The van der Waals surface area contributed by atoms with E-state index in [1.54, 1.807) is 0 Å². The smallest absolute Gasteiger partial charge is 0.222 e. The van der Waals surface area contributed by atoms with Crippen molar-refractivity contribution in [2.75, 3.05) is 13.2 Å². The molecule has 2 N–H and O–H groups in total. The normalized spacial score (nSPS) is 36.5. The largest absolute Gasteiger partial charge is 0.396 e. The molecule has 1 saturated heterocycles. The van der Waals surface area contributed by atoms with Crippen molar-refractivity contribution < 1.29 is 14.6 Å². The zero-order valence-electron chi connectivity index (χ0n) is 15.8. The molecular formula is C21H27Cl2NO3. The first kappa shape index (κ1) is 19.5.